The molecule has 150 valence electrons. The Hall–Kier alpha value is -3.42. The number of aryl methyl sites for hydroxylation is 1. The number of likely N-dealkylation sites (tertiary alicyclic amines) is 1. The third kappa shape index (κ3) is 4.06. The second kappa shape index (κ2) is 7.90. The third-order valence-corrected chi connectivity index (χ3v) is 5.02. The summed E-state index contributed by atoms with van der Waals surface area (Å²) in [4.78, 5) is 44.9. The monoisotopic (exact) mass is 394 g/mol. The minimum atomic E-state index is -0.376. The van der Waals surface area contributed by atoms with E-state index in [1.165, 1.54) is 4.90 Å². The SMILES string of the molecule is Cc1ccc(NC(=O)CN2C(=O)COc3ccc(C(=O)N4CCCC4)cc32)nc1. The smallest absolute Gasteiger partial charge is 0.265 e. The first-order chi connectivity index (χ1) is 14.0. The summed E-state index contributed by atoms with van der Waals surface area (Å²) in [5.74, 6) is 0.106. The van der Waals surface area contributed by atoms with E-state index in [0.717, 1.165) is 31.5 Å². The van der Waals surface area contributed by atoms with E-state index in [0.29, 0.717) is 22.8 Å². The molecular formula is C21H22N4O4. The normalized spacial score (nSPS) is 15.7. The lowest BCUT2D eigenvalue weighted by atomic mass is 10.1. The highest BCUT2D eigenvalue weighted by atomic mass is 16.5. The van der Waals surface area contributed by atoms with Crippen LogP contribution in [0.5, 0.6) is 5.75 Å². The van der Waals surface area contributed by atoms with E-state index in [9.17, 15) is 14.4 Å². The van der Waals surface area contributed by atoms with Gasteiger partial charge in [0.1, 0.15) is 18.1 Å². The van der Waals surface area contributed by atoms with Crippen LogP contribution >= 0.6 is 0 Å². The first-order valence-corrected chi connectivity index (χ1v) is 9.60. The van der Waals surface area contributed by atoms with E-state index in [4.69, 9.17) is 4.74 Å². The van der Waals surface area contributed by atoms with Gasteiger partial charge in [0.2, 0.25) is 5.91 Å². The predicted octanol–water partition coefficient (Wildman–Crippen LogP) is 1.99. The standard InChI is InChI=1S/C21H22N4O4/c1-14-4-7-18(22-11-14)23-19(26)12-25-16-10-15(21(28)24-8-2-3-9-24)5-6-17(16)29-13-20(25)27/h4-7,10-11H,2-3,8-9,12-13H2,1H3,(H,22,23,26). The van der Waals surface area contributed by atoms with E-state index in [1.807, 2.05) is 13.0 Å². The number of anilines is 2. The van der Waals surface area contributed by atoms with E-state index in [2.05, 4.69) is 10.3 Å². The van der Waals surface area contributed by atoms with Crippen molar-refractivity contribution in [3.8, 4) is 5.75 Å². The third-order valence-electron chi connectivity index (χ3n) is 5.02. The minimum Gasteiger partial charge on any atom is -0.482 e. The summed E-state index contributed by atoms with van der Waals surface area (Å²) in [5, 5.41) is 2.69. The highest BCUT2D eigenvalue weighted by Crippen LogP contribution is 2.33. The Bertz CT molecular complexity index is 952. The molecule has 2 aliphatic heterocycles. The van der Waals surface area contributed by atoms with Crippen molar-refractivity contribution in [3.63, 3.8) is 0 Å². The topological polar surface area (TPSA) is 91.8 Å². The van der Waals surface area contributed by atoms with Crippen LogP contribution in [0.1, 0.15) is 28.8 Å². The van der Waals surface area contributed by atoms with E-state index in [-0.39, 0.29) is 30.9 Å². The zero-order valence-corrected chi connectivity index (χ0v) is 16.2. The maximum absolute atomic E-state index is 12.7. The van der Waals surface area contributed by atoms with Crippen LogP contribution in [0.2, 0.25) is 0 Å². The van der Waals surface area contributed by atoms with Crippen molar-refractivity contribution < 1.29 is 19.1 Å². The first kappa shape index (κ1) is 18.9. The Morgan fingerprint density at radius 2 is 1.97 bits per heavy atom. The number of benzene rings is 1. The summed E-state index contributed by atoms with van der Waals surface area (Å²) in [6.07, 6.45) is 3.65. The molecule has 1 saturated heterocycles. The lowest BCUT2D eigenvalue weighted by Crippen LogP contribution is -2.43. The number of fused-ring (bicyclic) bond motifs is 1. The second-order valence-corrected chi connectivity index (χ2v) is 7.22. The molecule has 1 N–H and O–H groups in total. The van der Waals surface area contributed by atoms with Gasteiger partial charge in [-0.1, -0.05) is 6.07 Å². The Labute approximate surface area is 168 Å². The molecule has 0 saturated carbocycles. The van der Waals surface area contributed by atoms with Gasteiger partial charge in [0, 0.05) is 24.8 Å². The Morgan fingerprint density at radius 3 is 2.69 bits per heavy atom. The van der Waals surface area contributed by atoms with Crippen LogP contribution in [0, 0.1) is 6.92 Å². The number of aromatic nitrogens is 1. The van der Waals surface area contributed by atoms with Gasteiger partial charge in [-0.15, -0.1) is 0 Å². The summed E-state index contributed by atoms with van der Waals surface area (Å²) in [7, 11) is 0. The number of carbonyl (C=O) groups is 3. The molecule has 1 aromatic carbocycles. The van der Waals surface area contributed by atoms with Crippen molar-refractivity contribution in [2.75, 3.05) is 36.5 Å². The fraction of sp³-hybridized carbons (Fsp3) is 0.333. The summed E-state index contributed by atoms with van der Waals surface area (Å²) in [5.41, 5.74) is 1.89. The van der Waals surface area contributed by atoms with Gasteiger partial charge in [-0.05, 0) is 49.6 Å². The minimum absolute atomic E-state index is 0.0726. The van der Waals surface area contributed by atoms with Gasteiger partial charge in [0.15, 0.2) is 6.61 Å². The fourth-order valence-electron chi connectivity index (χ4n) is 3.48. The highest BCUT2D eigenvalue weighted by molar-refractivity contribution is 6.06. The molecule has 8 nitrogen and oxygen atoms in total. The van der Waals surface area contributed by atoms with Gasteiger partial charge in [-0.25, -0.2) is 4.98 Å². The van der Waals surface area contributed by atoms with Crippen LogP contribution < -0.4 is 15.0 Å². The molecule has 0 atom stereocenters. The van der Waals surface area contributed by atoms with Gasteiger partial charge in [0.25, 0.3) is 11.8 Å². The summed E-state index contributed by atoms with van der Waals surface area (Å²) in [6.45, 7) is 3.04. The molecule has 0 radical (unpaired) electrons. The molecule has 8 heteroatoms. The van der Waals surface area contributed by atoms with Crippen molar-refractivity contribution in [1.82, 2.24) is 9.88 Å². The van der Waals surface area contributed by atoms with Crippen LogP contribution in [0.15, 0.2) is 36.5 Å². The lowest BCUT2D eigenvalue weighted by molar-refractivity contribution is -0.123. The maximum atomic E-state index is 12.7. The molecule has 3 heterocycles. The number of hydrogen-bond acceptors (Lipinski definition) is 5. The average molecular weight is 394 g/mol. The van der Waals surface area contributed by atoms with Crippen molar-refractivity contribution in [3.05, 3.63) is 47.7 Å². The molecular weight excluding hydrogens is 372 g/mol. The summed E-state index contributed by atoms with van der Waals surface area (Å²) >= 11 is 0. The van der Waals surface area contributed by atoms with E-state index in [1.54, 1.807) is 35.4 Å². The number of nitrogens with zero attached hydrogens (tertiary/aromatic N) is 3. The van der Waals surface area contributed by atoms with Crippen molar-refractivity contribution in [2.45, 2.75) is 19.8 Å². The van der Waals surface area contributed by atoms with E-state index >= 15 is 0 Å². The molecule has 3 amide bonds. The number of amides is 3. The van der Waals surface area contributed by atoms with E-state index < -0.39 is 0 Å². The number of pyridine rings is 1. The molecule has 4 rings (SSSR count). The zero-order chi connectivity index (χ0) is 20.4. The van der Waals surface area contributed by atoms with Crippen LogP contribution in [0.3, 0.4) is 0 Å². The van der Waals surface area contributed by atoms with Crippen molar-refractivity contribution in [2.24, 2.45) is 0 Å². The Kier molecular flexibility index (Phi) is 5.16. The van der Waals surface area contributed by atoms with Crippen molar-refractivity contribution >= 4 is 29.2 Å². The number of ether oxygens (including phenoxy) is 1. The van der Waals surface area contributed by atoms with Crippen LogP contribution in [0.4, 0.5) is 11.5 Å². The molecule has 1 aromatic heterocycles. The number of rotatable bonds is 4. The van der Waals surface area contributed by atoms with Gasteiger partial charge in [-0.2, -0.15) is 0 Å². The maximum Gasteiger partial charge on any atom is 0.265 e. The largest absolute Gasteiger partial charge is 0.482 e. The number of nitrogens with one attached hydrogen (secondary N) is 1. The predicted molar refractivity (Wildman–Crippen MR) is 107 cm³/mol. The second-order valence-electron chi connectivity index (χ2n) is 7.22. The fourth-order valence-corrected chi connectivity index (χ4v) is 3.48. The first-order valence-electron chi connectivity index (χ1n) is 9.60. The molecule has 2 aromatic rings. The molecule has 0 bridgehead atoms. The molecule has 1 fully saturated rings. The van der Waals surface area contributed by atoms with Crippen molar-refractivity contribution in [1.29, 1.82) is 0 Å². The zero-order valence-electron chi connectivity index (χ0n) is 16.2. The van der Waals surface area contributed by atoms with Gasteiger partial charge >= 0.3 is 0 Å². The molecule has 2 aliphatic rings. The Morgan fingerprint density at radius 1 is 1.17 bits per heavy atom. The van der Waals surface area contributed by atoms with Gasteiger partial charge in [0.05, 0.1) is 5.69 Å². The molecule has 0 aliphatic carbocycles. The quantitative estimate of drug-likeness (QED) is 0.856. The van der Waals surface area contributed by atoms with Crippen LogP contribution in [-0.2, 0) is 9.59 Å². The Balaban J connectivity index is 1.54. The highest BCUT2D eigenvalue weighted by Gasteiger charge is 2.29. The van der Waals surface area contributed by atoms with Gasteiger partial charge in [-0.3, -0.25) is 19.3 Å². The summed E-state index contributed by atoms with van der Waals surface area (Å²) in [6, 6.07) is 8.55. The molecule has 0 spiro atoms. The van der Waals surface area contributed by atoms with Gasteiger partial charge < -0.3 is 15.0 Å². The average Bonchev–Trinajstić information content (AvgIpc) is 3.26. The molecule has 29 heavy (non-hydrogen) atoms. The lowest BCUT2D eigenvalue weighted by Gasteiger charge is -2.29. The number of hydrogen-bond donors (Lipinski definition) is 1. The molecule has 0 unspecified atom stereocenters. The summed E-state index contributed by atoms with van der Waals surface area (Å²) < 4.78 is 5.48. The van der Waals surface area contributed by atoms with Crippen LogP contribution in [0.25, 0.3) is 0 Å². The number of carbonyl (C=O) groups excluding carboxylic acids is 3. The van der Waals surface area contributed by atoms with Crippen LogP contribution in [-0.4, -0.2) is 53.8 Å².